The Morgan fingerprint density at radius 3 is 3.00 bits per heavy atom. The fraction of sp³-hybridized carbons (Fsp3) is 0.250. The highest BCUT2D eigenvalue weighted by Gasteiger charge is 2.18. The van der Waals surface area contributed by atoms with Crippen LogP contribution in [0.1, 0.15) is 5.76 Å². The van der Waals surface area contributed by atoms with Gasteiger partial charge in [-0.2, -0.15) is 5.10 Å². The molecule has 0 aliphatic carbocycles. The lowest BCUT2D eigenvalue weighted by molar-refractivity contribution is -0.402. The number of nitrogens with zero attached hydrogens (tertiary/aromatic N) is 3. The summed E-state index contributed by atoms with van der Waals surface area (Å²) in [6.45, 7) is 1.01. The van der Waals surface area contributed by atoms with Gasteiger partial charge in [-0.15, -0.1) is 0 Å². The van der Waals surface area contributed by atoms with Crippen molar-refractivity contribution in [1.82, 2.24) is 10.3 Å². The highest BCUT2D eigenvalue weighted by molar-refractivity contribution is 5.80. The number of furan rings is 1. The Morgan fingerprint density at radius 2 is 2.44 bits per heavy atom. The third kappa shape index (κ3) is 2.00. The molecule has 1 N–H and O–H groups in total. The molecule has 0 bridgehead atoms. The summed E-state index contributed by atoms with van der Waals surface area (Å²) in [5.41, 5.74) is 0. The van der Waals surface area contributed by atoms with E-state index in [2.05, 4.69) is 10.4 Å². The van der Waals surface area contributed by atoms with Gasteiger partial charge in [0.2, 0.25) is 0 Å². The summed E-state index contributed by atoms with van der Waals surface area (Å²) in [5.74, 6) is -0.126. The van der Waals surface area contributed by atoms with Crippen molar-refractivity contribution in [2.45, 2.75) is 0 Å². The highest BCUT2D eigenvalue weighted by Crippen LogP contribution is 2.14. The molecular formula is C8H8N4O4. The Balaban J connectivity index is 2.05. The number of hydrogen-bond donors (Lipinski definition) is 1. The minimum absolute atomic E-state index is 0.228. The van der Waals surface area contributed by atoms with Gasteiger partial charge >= 0.3 is 11.9 Å². The van der Waals surface area contributed by atoms with Crippen LogP contribution in [0.3, 0.4) is 0 Å². The zero-order chi connectivity index (χ0) is 11.5. The van der Waals surface area contributed by atoms with E-state index in [1.54, 1.807) is 0 Å². The normalized spacial score (nSPS) is 15.8. The standard InChI is InChI=1S/C8H8N4O4/c13-8-9-3-4-11(8)10-5-6-1-2-7(16-6)12(14)15/h1-2,5H,3-4H2,(H,9,13)/b10-5-. The van der Waals surface area contributed by atoms with Gasteiger partial charge in [-0.3, -0.25) is 10.1 Å². The van der Waals surface area contributed by atoms with Crippen molar-refractivity contribution >= 4 is 18.1 Å². The third-order valence-electron chi connectivity index (χ3n) is 1.95. The maximum atomic E-state index is 11.1. The van der Waals surface area contributed by atoms with Crippen molar-refractivity contribution < 1.29 is 14.1 Å². The summed E-state index contributed by atoms with van der Waals surface area (Å²) < 4.78 is 4.83. The summed E-state index contributed by atoms with van der Waals surface area (Å²) in [4.78, 5) is 20.8. The first-order valence-corrected chi connectivity index (χ1v) is 4.50. The Kier molecular flexibility index (Phi) is 2.54. The van der Waals surface area contributed by atoms with E-state index in [-0.39, 0.29) is 17.7 Å². The van der Waals surface area contributed by atoms with Crippen molar-refractivity contribution in [3.05, 3.63) is 28.0 Å². The number of nitro groups is 1. The first-order chi connectivity index (χ1) is 7.66. The van der Waals surface area contributed by atoms with Gasteiger partial charge in [-0.1, -0.05) is 0 Å². The molecule has 0 atom stereocenters. The number of hydrogen-bond acceptors (Lipinski definition) is 5. The predicted molar refractivity (Wildman–Crippen MR) is 53.1 cm³/mol. The largest absolute Gasteiger partial charge is 0.433 e. The van der Waals surface area contributed by atoms with Gasteiger partial charge in [0.15, 0.2) is 5.76 Å². The van der Waals surface area contributed by atoms with Gasteiger partial charge < -0.3 is 9.73 Å². The fourth-order valence-electron chi connectivity index (χ4n) is 1.21. The van der Waals surface area contributed by atoms with Crippen LogP contribution >= 0.6 is 0 Å². The number of nitrogens with one attached hydrogen (secondary N) is 1. The van der Waals surface area contributed by atoms with Gasteiger partial charge in [0.1, 0.15) is 4.92 Å². The SMILES string of the molecule is O=C1NCCN1/N=C\c1ccc([N+](=O)[O-])o1. The van der Waals surface area contributed by atoms with E-state index in [0.717, 1.165) is 0 Å². The van der Waals surface area contributed by atoms with Crippen molar-refractivity contribution in [2.75, 3.05) is 13.1 Å². The maximum Gasteiger partial charge on any atom is 0.433 e. The minimum atomic E-state index is -0.639. The third-order valence-corrected chi connectivity index (χ3v) is 1.95. The highest BCUT2D eigenvalue weighted by atomic mass is 16.6. The molecule has 2 heterocycles. The molecule has 84 valence electrons. The van der Waals surface area contributed by atoms with Crippen molar-refractivity contribution in [3.63, 3.8) is 0 Å². The van der Waals surface area contributed by atoms with Gasteiger partial charge in [0.05, 0.1) is 18.8 Å². The quantitative estimate of drug-likeness (QED) is 0.460. The van der Waals surface area contributed by atoms with Gasteiger partial charge in [0, 0.05) is 6.54 Å². The molecule has 1 fully saturated rings. The summed E-state index contributed by atoms with van der Waals surface area (Å²) in [5, 5.41) is 17.9. The average Bonchev–Trinajstić information content (AvgIpc) is 2.83. The first-order valence-electron chi connectivity index (χ1n) is 4.50. The monoisotopic (exact) mass is 224 g/mol. The van der Waals surface area contributed by atoms with Crippen molar-refractivity contribution in [2.24, 2.45) is 5.10 Å². The van der Waals surface area contributed by atoms with Crippen LogP contribution in [0.15, 0.2) is 21.7 Å². The molecule has 1 aliphatic rings. The summed E-state index contributed by atoms with van der Waals surface area (Å²) in [7, 11) is 0. The van der Waals surface area contributed by atoms with E-state index in [1.807, 2.05) is 0 Å². The Morgan fingerprint density at radius 1 is 1.62 bits per heavy atom. The first kappa shape index (κ1) is 10.1. The van der Waals surface area contributed by atoms with E-state index in [4.69, 9.17) is 4.42 Å². The summed E-state index contributed by atoms with van der Waals surface area (Å²) in [6, 6.07) is 2.35. The van der Waals surface area contributed by atoms with Gasteiger partial charge in [-0.25, -0.2) is 9.80 Å². The summed E-state index contributed by atoms with van der Waals surface area (Å²) in [6.07, 6.45) is 1.26. The minimum Gasteiger partial charge on any atom is -0.400 e. The smallest absolute Gasteiger partial charge is 0.400 e. The van der Waals surface area contributed by atoms with Crippen LogP contribution in [0.2, 0.25) is 0 Å². The zero-order valence-electron chi connectivity index (χ0n) is 8.12. The van der Waals surface area contributed by atoms with E-state index < -0.39 is 4.92 Å². The molecule has 1 aromatic rings. The zero-order valence-corrected chi connectivity index (χ0v) is 8.12. The van der Waals surface area contributed by atoms with Crippen LogP contribution in [0.4, 0.5) is 10.7 Å². The maximum absolute atomic E-state index is 11.1. The lowest BCUT2D eigenvalue weighted by Crippen LogP contribution is -2.23. The molecule has 0 saturated carbocycles. The Bertz CT molecular complexity index is 453. The van der Waals surface area contributed by atoms with Gasteiger partial charge in [0.25, 0.3) is 0 Å². The fourth-order valence-corrected chi connectivity index (χ4v) is 1.21. The second kappa shape index (κ2) is 4.01. The van der Waals surface area contributed by atoms with Crippen molar-refractivity contribution in [3.8, 4) is 0 Å². The lowest BCUT2D eigenvalue weighted by Gasteiger charge is -2.03. The molecular weight excluding hydrogens is 216 g/mol. The number of hydrazone groups is 1. The Hall–Kier alpha value is -2.38. The van der Waals surface area contributed by atoms with E-state index in [0.29, 0.717) is 13.1 Å². The number of rotatable bonds is 3. The van der Waals surface area contributed by atoms with Crippen LogP contribution in [0.25, 0.3) is 0 Å². The van der Waals surface area contributed by atoms with Crippen molar-refractivity contribution in [1.29, 1.82) is 0 Å². The second-order valence-electron chi connectivity index (χ2n) is 3.03. The summed E-state index contributed by atoms with van der Waals surface area (Å²) >= 11 is 0. The van der Waals surface area contributed by atoms with Crippen LogP contribution in [-0.2, 0) is 0 Å². The average molecular weight is 224 g/mol. The van der Waals surface area contributed by atoms with E-state index in [1.165, 1.54) is 23.4 Å². The molecule has 0 unspecified atom stereocenters. The van der Waals surface area contributed by atoms with E-state index >= 15 is 0 Å². The topological polar surface area (TPSA) is 101 Å². The molecule has 16 heavy (non-hydrogen) atoms. The molecule has 0 aromatic carbocycles. The molecule has 0 radical (unpaired) electrons. The Labute approximate surface area is 89.7 Å². The lowest BCUT2D eigenvalue weighted by atomic mass is 10.5. The van der Waals surface area contributed by atoms with Gasteiger partial charge in [-0.05, 0) is 6.07 Å². The van der Waals surface area contributed by atoms with Crippen LogP contribution in [-0.4, -0.2) is 35.3 Å². The molecule has 1 aliphatic heterocycles. The van der Waals surface area contributed by atoms with Crippen LogP contribution < -0.4 is 5.32 Å². The molecule has 2 amide bonds. The number of carbonyl (C=O) groups excluding carboxylic acids is 1. The molecule has 0 spiro atoms. The van der Waals surface area contributed by atoms with E-state index in [9.17, 15) is 14.9 Å². The second-order valence-corrected chi connectivity index (χ2v) is 3.03. The molecule has 8 nitrogen and oxygen atoms in total. The molecule has 1 aromatic heterocycles. The molecule has 2 rings (SSSR count). The molecule has 8 heteroatoms. The number of urea groups is 1. The number of amides is 2. The molecule has 1 saturated heterocycles. The van der Waals surface area contributed by atoms with Crippen LogP contribution in [0.5, 0.6) is 0 Å². The predicted octanol–water partition coefficient (Wildman–Crippen LogP) is 0.547. The number of carbonyl (C=O) groups is 1. The van der Waals surface area contributed by atoms with Crippen LogP contribution in [0, 0.1) is 10.1 Å².